The van der Waals surface area contributed by atoms with Gasteiger partial charge in [0.25, 0.3) is 5.91 Å². The molecule has 1 aromatic rings. The molecule has 216 valence electrons. The highest BCUT2D eigenvalue weighted by Crippen LogP contribution is 2.57. The van der Waals surface area contributed by atoms with Gasteiger partial charge in [0.15, 0.2) is 0 Å². The van der Waals surface area contributed by atoms with Gasteiger partial charge in [0, 0.05) is 19.7 Å². The number of aliphatic hydroxyl groups excluding tert-OH is 1. The molecule has 2 amide bonds. The van der Waals surface area contributed by atoms with Crippen LogP contribution in [0.4, 0.5) is 5.69 Å². The maximum atomic E-state index is 14.6. The summed E-state index contributed by atoms with van der Waals surface area (Å²) in [6.07, 6.45) is 13.0. The Kier molecular flexibility index (Phi) is 8.41. The normalized spacial score (nSPS) is 32.8. The van der Waals surface area contributed by atoms with Crippen LogP contribution in [-0.4, -0.2) is 71.3 Å². The van der Waals surface area contributed by atoms with Gasteiger partial charge < -0.3 is 24.4 Å². The van der Waals surface area contributed by atoms with Gasteiger partial charge in [-0.05, 0) is 57.6 Å². The highest BCUT2D eigenvalue weighted by atomic mass is 35.5. The van der Waals surface area contributed by atoms with E-state index in [1.807, 2.05) is 50.3 Å². The summed E-state index contributed by atoms with van der Waals surface area (Å²) in [6, 6.07) is 4.54. The van der Waals surface area contributed by atoms with Crippen molar-refractivity contribution in [3.8, 4) is 0 Å². The van der Waals surface area contributed by atoms with Crippen molar-refractivity contribution in [1.82, 2.24) is 4.90 Å². The number of hydrogen-bond donors (Lipinski definition) is 1. The van der Waals surface area contributed by atoms with Crippen LogP contribution in [-0.2, 0) is 23.9 Å². The second-order valence-corrected chi connectivity index (χ2v) is 11.9. The number of allylic oxidation sites excluding steroid dienone is 1. The van der Waals surface area contributed by atoms with Crippen molar-refractivity contribution in [2.45, 2.75) is 76.0 Å². The van der Waals surface area contributed by atoms with Crippen molar-refractivity contribution in [2.75, 3.05) is 31.2 Å². The predicted octanol–water partition coefficient (Wildman–Crippen LogP) is 4.36. The maximum Gasteiger partial charge on any atom is 0.313 e. The Morgan fingerprint density at radius 2 is 1.82 bits per heavy atom. The first-order valence-corrected chi connectivity index (χ1v) is 14.8. The lowest BCUT2D eigenvalue weighted by Crippen LogP contribution is -2.56. The Hall–Kier alpha value is -2.68. The summed E-state index contributed by atoms with van der Waals surface area (Å²) in [5, 5.41) is 9.62. The number of benzene rings is 1. The fraction of sp³-hybridized carbons (Fsp3) is 0.581. The number of unbranched alkanes of at least 4 members (excludes halogenated alkanes) is 3. The number of amides is 2. The Labute approximate surface area is 240 Å². The molecule has 0 saturated carbocycles. The number of aliphatic hydroxyl groups is 1. The van der Waals surface area contributed by atoms with Crippen LogP contribution in [0.1, 0.15) is 57.4 Å². The molecule has 2 fully saturated rings. The molecule has 5 rings (SSSR count). The number of nitrogens with zero attached hydrogens (tertiary/aromatic N) is 2. The third-order valence-electron chi connectivity index (χ3n) is 8.77. The van der Waals surface area contributed by atoms with Crippen molar-refractivity contribution in [3.63, 3.8) is 0 Å². The molecular formula is C31H39ClN2O6. The number of cyclic esters (lactones) is 1. The van der Waals surface area contributed by atoms with E-state index in [1.54, 1.807) is 15.9 Å². The topological polar surface area (TPSA) is 96.4 Å². The molecule has 0 bridgehead atoms. The molecule has 0 radical (unpaired) electrons. The molecule has 1 aromatic carbocycles. The van der Waals surface area contributed by atoms with Crippen LogP contribution >= 0.6 is 11.6 Å². The number of anilines is 1. The lowest BCUT2D eigenvalue weighted by atomic mass is 9.74. The van der Waals surface area contributed by atoms with Gasteiger partial charge in [-0.15, -0.1) is 0 Å². The predicted molar refractivity (Wildman–Crippen MR) is 152 cm³/mol. The number of rotatable bonds is 7. The molecule has 4 heterocycles. The van der Waals surface area contributed by atoms with E-state index in [2.05, 4.69) is 0 Å². The molecule has 8 nitrogen and oxygen atoms in total. The minimum atomic E-state index is -1.33. The van der Waals surface area contributed by atoms with E-state index in [0.29, 0.717) is 36.7 Å². The summed E-state index contributed by atoms with van der Waals surface area (Å²) in [4.78, 5) is 45.8. The van der Waals surface area contributed by atoms with Gasteiger partial charge >= 0.3 is 5.97 Å². The standard InChI is InChI=1S/C31H39ClN2O6/c1-21-13-11-14-22(32)25(21)33-18-12-16-31-23(24-29(38)39-20-10-6-3-7-15-30(24,2)40-31)27(36)34(26(31)28(33)37)17-8-4-5-9-19-35/h7,11-16,23-24,26,35H,3-6,8-10,17-20H2,1-2H3/b15-7-/t23-,24-,26?,30+,31-/m0/s1. The number of hydrogen-bond acceptors (Lipinski definition) is 6. The molecule has 9 heteroatoms. The van der Waals surface area contributed by atoms with E-state index in [0.717, 1.165) is 37.7 Å². The number of likely N-dealkylation sites (tertiary alicyclic amines) is 1. The number of carbonyl (C=O) groups excluding carboxylic acids is 3. The second-order valence-electron chi connectivity index (χ2n) is 11.5. The summed E-state index contributed by atoms with van der Waals surface area (Å²) >= 11 is 6.62. The van der Waals surface area contributed by atoms with Crippen LogP contribution in [0.15, 0.2) is 42.5 Å². The first kappa shape index (κ1) is 28.8. The molecule has 40 heavy (non-hydrogen) atoms. The Morgan fingerprint density at radius 1 is 1.02 bits per heavy atom. The van der Waals surface area contributed by atoms with Gasteiger partial charge in [-0.3, -0.25) is 14.4 Å². The zero-order valence-electron chi connectivity index (χ0n) is 23.3. The highest BCUT2D eigenvalue weighted by Gasteiger charge is 2.74. The smallest absolute Gasteiger partial charge is 0.313 e. The number of esters is 1. The van der Waals surface area contributed by atoms with Gasteiger partial charge in [0.1, 0.15) is 17.6 Å². The fourth-order valence-electron chi connectivity index (χ4n) is 6.95. The number of halogens is 1. The van der Waals surface area contributed by atoms with Crippen molar-refractivity contribution < 1.29 is 29.0 Å². The summed E-state index contributed by atoms with van der Waals surface area (Å²) in [5.41, 5.74) is -0.987. The van der Waals surface area contributed by atoms with Crippen LogP contribution in [0.2, 0.25) is 5.02 Å². The van der Waals surface area contributed by atoms with Crippen molar-refractivity contribution in [1.29, 1.82) is 0 Å². The van der Waals surface area contributed by atoms with Crippen molar-refractivity contribution >= 4 is 35.1 Å². The van der Waals surface area contributed by atoms with E-state index in [9.17, 15) is 19.5 Å². The Morgan fingerprint density at radius 3 is 2.60 bits per heavy atom. The molecule has 4 aliphatic heterocycles. The SMILES string of the molecule is Cc1cccc(Cl)c1N1CC=C[C@]23O[C@]4(C)/C=C\CCCCOC(=O)[C@@H]4[C@H]2C(=O)N(CCCCCCO)C3C1=O. The number of para-hydroxylation sites is 1. The molecular weight excluding hydrogens is 532 g/mol. The summed E-state index contributed by atoms with van der Waals surface area (Å²) < 4.78 is 12.5. The minimum absolute atomic E-state index is 0.121. The van der Waals surface area contributed by atoms with Gasteiger partial charge in [-0.1, -0.05) is 60.9 Å². The van der Waals surface area contributed by atoms with Crippen LogP contribution in [0.25, 0.3) is 0 Å². The van der Waals surface area contributed by atoms with E-state index in [1.165, 1.54) is 0 Å². The summed E-state index contributed by atoms with van der Waals surface area (Å²) in [5.74, 6) is -2.79. The number of carbonyl (C=O) groups is 3. The molecule has 4 aliphatic rings. The zero-order valence-corrected chi connectivity index (χ0v) is 24.1. The summed E-state index contributed by atoms with van der Waals surface area (Å²) in [6.45, 7) is 4.75. The molecule has 1 N–H and O–H groups in total. The average molecular weight is 571 g/mol. The van der Waals surface area contributed by atoms with E-state index in [-0.39, 0.29) is 25.0 Å². The van der Waals surface area contributed by atoms with Gasteiger partial charge in [-0.25, -0.2) is 0 Å². The molecule has 2 saturated heterocycles. The van der Waals surface area contributed by atoms with Crippen molar-refractivity contribution in [2.24, 2.45) is 11.8 Å². The van der Waals surface area contributed by atoms with Gasteiger partial charge in [-0.2, -0.15) is 0 Å². The number of ether oxygens (including phenoxy) is 2. The number of aryl methyl sites for hydroxylation is 1. The maximum absolute atomic E-state index is 14.6. The average Bonchev–Trinajstić information content (AvgIpc) is 3.24. The van der Waals surface area contributed by atoms with E-state index >= 15 is 0 Å². The van der Waals surface area contributed by atoms with E-state index in [4.69, 9.17) is 21.1 Å². The first-order valence-electron chi connectivity index (χ1n) is 14.5. The Bertz CT molecular complexity index is 1200. The molecule has 5 atom stereocenters. The van der Waals surface area contributed by atoms with Crippen LogP contribution in [0.3, 0.4) is 0 Å². The van der Waals surface area contributed by atoms with Crippen molar-refractivity contribution in [3.05, 3.63) is 53.1 Å². The lowest BCUT2D eigenvalue weighted by Gasteiger charge is -2.38. The van der Waals surface area contributed by atoms with Crippen LogP contribution in [0.5, 0.6) is 0 Å². The van der Waals surface area contributed by atoms with Crippen LogP contribution in [0, 0.1) is 18.8 Å². The third kappa shape index (κ3) is 4.88. The monoisotopic (exact) mass is 570 g/mol. The summed E-state index contributed by atoms with van der Waals surface area (Å²) in [7, 11) is 0. The third-order valence-corrected chi connectivity index (χ3v) is 9.07. The zero-order chi connectivity index (χ0) is 28.5. The fourth-order valence-corrected chi connectivity index (χ4v) is 7.27. The second kappa shape index (κ2) is 11.7. The quantitative estimate of drug-likeness (QED) is 0.297. The minimum Gasteiger partial charge on any atom is -0.465 e. The van der Waals surface area contributed by atoms with Gasteiger partial charge in [0.05, 0.1) is 28.8 Å². The van der Waals surface area contributed by atoms with E-state index < -0.39 is 35.0 Å². The lowest BCUT2D eigenvalue weighted by molar-refractivity contribution is -0.158. The highest BCUT2D eigenvalue weighted by molar-refractivity contribution is 6.34. The molecule has 1 unspecified atom stereocenters. The Balaban J connectivity index is 1.59. The first-order chi connectivity index (χ1) is 19.2. The van der Waals surface area contributed by atoms with Crippen LogP contribution < -0.4 is 4.90 Å². The molecule has 0 aliphatic carbocycles. The molecule has 1 spiro atoms. The largest absolute Gasteiger partial charge is 0.465 e. The van der Waals surface area contributed by atoms with Gasteiger partial charge in [0.2, 0.25) is 5.91 Å². The number of fused-ring (bicyclic) bond motifs is 2. The molecule has 0 aromatic heterocycles.